The van der Waals surface area contributed by atoms with E-state index in [1.807, 2.05) is 0 Å². The summed E-state index contributed by atoms with van der Waals surface area (Å²) in [7, 11) is 2.97. The fourth-order valence-electron chi connectivity index (χ4n) is 1.97. The molecule has 0 amide bonds. The molecule has 0 radical (unpaired) electrons. The van der Waals surface area contributed by atoms with E-state index in [0.717, 1.165) is 9.46 Å². The summed E-state index contributed by atoms with van der Waals surface area (Å²) >= 11 is 1.25. The number of aromatic nitrogens is 4. The smallest absolute Gasteiger partial charge is 0.327 e. The van der Waals surface area contributed by atoms with Gasteiger partial charge in [0.25, 0.3) is 5.56 Å². The molecule has 0 aliphatic rings. The Morgan fingerprint density at radius 3 is 2.48 bits per heavy atom. The summed E-state index contributed by atoms with van der Waals surface area (Å²) < 4.78 is 15.2. The molecule has 0 fully saturated rings. The number of aromatic amines is 1. The van der Waals surface area contributed by atoms with E-state index >= 15 is 0 Å². The topological polar surface area (TPSA) is 72.7 Å². The van der Waals surface area contributed by atoms with Crippen LogP contribution in [0.1, 0.15) is 0 Å². The van der Waals surface area contributed by atoms with Crippen molar-refractivity contribution in [3.63, 3.8) is 0 Å². The molecule has 0 saturated heterocycles. The van der Waals surface area contributed by atoms with E-state index in [1.54, 1.807) is 19.2 Å². The van der Waals surface area contributed by atoms with Crippen LogP contribution in [0.25, 0.3) is 11.2 Å². The van der Waals surface area contributed by atoms with Crippen LogP contribution < -0.4 is 11.2 Å². The summed E-state index contributed by atoms with van der Waals surface area (Å²) in [5, 5.41) is 0.468. The Labute approximate surface area is 122 Å². The van der Waals surface area contributed by atoms with Gasteiger partial charge in [-0.1, -0.05) is 11.8 Å². The number of hydrogen-bond acceptors (Lipinski definition) is 4. The minimum atomic E-state index is -0.433. The van der Waals surface area contributed by atoms with Gasteiger partial charge in [0, 0.05) is 19.0 Å². The normalized spacial score (nSPS) is 11.2. The molecular formula is C13H11FN4O2S. The molecule has 0 unspecified atom stereocenters. The quantitative estimate of drug-likeness (QED) is 0.773. The van der Waals surface area contributed by atoms with Gasteiger partial charge in [-0.05, 0) is 24.3 Å². The predicted molar refractivity (Wildman–Crippen MR) is 77.1 cm³/mol. The zero-order valence-corrected chi connectivity index (χ0v) is 12.1. The first kappa shape index (κ1) is 13.6. The van der Waals surface area contributed by atoms with Crippen molar-refractivity contribution in [1.82, 2.24) is 19.1 Å². The van der Waals surface area contributed by atoms with Crippen LogP contribution in [0.3, 0.4) is 0 Å². The number of hydrogen-bond donors (Lipinski definition) is 1. The fourth-order valence-corrected chi connectivity index (χ4v) is 2.75. The summed E-state index contributed by atoms with van der Waals surface area (Å²) in [6.07, 6.45) is 0. The first-order valence-electron chi connectivity index (χ1n) is 6.06. The van der Waals surface area contributed by atoms with E-state index in [9.17, 15) is 14.0 Å². The van der Waals surface area contributed by atoms with Gasteiger partial charge < -0.3 is 4.98 Å². The van der Waals surface area contributed by atoms with Crippen molar-refractivity contribution in [2.45, 2.75) is 10.1 Å². The van der Waals surface area contributed by atoms with Crippen LogP contribution >= 0.6 is 11.8 Å². The van der Waals surface area contributed by atoms with Gasteiger partial charge >= 0.3 is 5.69 Å². The Bertz CT molecular complexity index is 940. The van der Waals surface area contributed by atoms with Gasteiger partial charge in [-0.2, -0.15) is 0 Å². The van der Waals surface area contributed by atoms with Crippen LogP contribution in [0.5, 0.6) is 0 Å². The van der Waals surface area contributed by atoms with Gasteiger partial charge in [0.05, 0.1) is 0 Å². The molecule has 1 N–H and O–H groups in total. The molecule has 0 spiro atoms. The highest BCUT2D eigenvalue weighted by Gasteiger charge is 2.13. The maximum Gasteiger partial charge on any atom is 0.332 e. The first-order chi connectivity index (χ1) is 9.97. The summed E-state index contributed by atoms with van der Waals surface area (Å²) in [5.74, 6) is -0.319. The van der Waals surface area contributed by atoms with E-state index in [4.69, 9.17) is 0 Å². The molecule has 108 valence electrons. The molecule has 3 aromatic rings. The van der Waals surface area contributed by atoms with Crippen molar-refractivity contribution < 1.29 is 4.39 Å². The second-order valence-corrected chi connectivity index (χ2v) is 5.56. The Morgan fingerprint density at radius 2 is 1.81 bits per heavy atom. The minimum Gasteiger partial charge on any atom is -0.327 e. The number of fused-ring (bicyclic) bond motifs is 1. The Morgan fingerprint density at radius 1 is 1.14 bits per heavy atom. The van der Waals surface area contributed by atoms with E-state index in [-0.39, 0.29) is 11.3 Å². The number of H-pyrrole nitrogens is 1. The van der Waals surface area contributed by atoms with Crippen LogP contribution in [0.4, 0.5) is 4.39 Å². The maximum absolute atomic E-state index is 12.9. The van der Waals surface area contributed by atoms with Crippen molar-refractivity contribution in [3.8, 4) is 0 Å². The molecule has 6 nitrogen and oxygen atoms in total. The molecular weight excluding hydrogens is 295 g/mol. The lowest BCUT2D eigenvalue weighted by molar-refractivity contribution is 0.626. The summed E-state index contributed by atoms with van der Waals surface area (Å²) in [5.41, 5.74) is -0.291. The van der Waals surface area contributed by atoms with Gasteiger partial charge in [0.2, 0.25) is 0 Å². The monoisotopic (exact) mass is 306 g/mol. The maximum atomic E-state index is 12.9. The van der Waals surface area contributed by atoms with Crippen molar-refractivity contribution >= 4 is 22.9 Å². The van der Waals surface area contributed by atoms with Gasteiger partial charge in [0.1, 0.15) is 5.82 Å². The van der Waals surface area contributed by atoms with E-state index in [0.29, 0.717) is 10.8 Å². The predicted octanol–water partition coefficient (Wildman–Crippen LogP) is 1.25. The number of imidazole rings is 1. The highest BCUT2D eigenvalue weighted by atomic mass is 32.2. The molecule has 0 bridgehead atoms. The number of halogens is 1. The second kappa shape index (κ2) is 4.88. The molecule has 1 aromatic carbocycles. The third-order valence-corrected chi connectivity index (χ3v) is 4.00. The fraction of sp³-hybridized carbons (Fsp3) is 0.154. The lowest BCUT2D eigenvalue weighted by Gasteiger charge is -2.00. The lowest BCUT2D eigenvalue weighted by Crippen LogP contribution is -2.36. The molecule has 2 heterocycles. The molecule has 21 heavy (non-hydrogen) atoms. The highest BCUT2D eigenvalue weighted by molar-refractivity contribution is 7.99. The van der Waals surface area contributed by atoms with Crippen molar-refractivity contribution in [1.29, 1.82) is 0 Å². The summed E-state index contributed by atoms with van der Waals surface area (Å²) in [4.78, 5) is 31.8. The van der Waals surface area contributed by atoms with Crippen molar-refractivity contribution in [2.75, 3.05) is 0 Å². The average molecular weight is 306 g/mol. The minimum absolute atomic E-state index is 0.268. The van der Waals surface area contributed by atoms with Crippen LogP contribution in [0.2, 0.25) is 0 Å². The standard InChI is InChI=1S/C13H11FN4O2S/c1-17-10-9(11(19)18(2)13(17)20)15-12(16-10)21-8-5-3-7(14)4-6-8/h3-6H,1-2H3,(H,15,16). The van der Waals surface area contributed by atoms with Gasteiger partial charge in [0.15, 0.2) is 16.3 Å². The zero-order valence-electron chi connectivity index (χ0n) is 11.3. The van der Waals surface area contributed by atoms with E-state index in [1.165, 1.54) is 35.5 Å². The lowest BCUT2D eigenvalue weighted by atomic mass is 10.4. The Kier molecular flexibility index (Phi) is 3.17. The highest BCUT2D eigenvalue weighted by Crippen LogP contribution is 2.26. The number of nitrogens with one attached hydrogen (secondary N) is 1. The summed E-state index contributed by atoms with van der Waals surface area (Å²) in [6, 6.07) is 5.92. The molecule has 0 saturated carbocycles. The summed E-state index contributed by atoms with van der Waals surface area (Å²) in [6.45, 7) is 0. The van der Waals surface area contributed by atoms with Gasteiger partial charge in [-0.15, -0.1) is 0 Å². The number of nitrogens with zero attached hydrogens (tertiary/aromatic N) is 3. The Hall–Kier alpha value is -2.35. The van der Waals surface area contributed by atoms with Crippen LogP contribution in [-0.2, 0) is 14.1 Å². The number of benzene rings is 1. The third kappa shape index (κ3) is 2.27. The molecule has 2 aromatic heterocycles. The molecule has 3 rings (SSSR count). The number of rotatable bonds is 2. The van der Waals surface area contributed by atoms with Crippen LogP contribution in [0, 0.1) is 5.82 Å². The molecule has 8 heteroatoms. The van der Waals surface area contributed by atoms with Crippen molar-refractivity contribution in [2.24, 2.45) is 14.1 Å². The first-order valence-corrected chi connectivity index (χ1v) is 6.88. The van der Waals surface area contributed by atoms with E-state index in [2.05, 4.69) is 9.97 Å². The van der Waals surface area contributed by atoms with E-state index < -0.39 is 11.2 Å². The molecule has 0 aliphatic carbocycles. The van der Waals surface area contributed by atoms with Gasteiger partial charge in [-0.25, -0.2) is 14.2 Å². The largest absolute Gasteiger partial charge is 0.332 e. The SMILES string of the molecule is Cn1c(=O)c2[nH]c(Sc3ccc(F)cc3)nc2n(C)c1=O. The van der Waals surface area contributed by atoms with Crippen LogP contribution in [-0.4, -0.2) is 19.1 Å². The van der Waals surface area contributed by atoms with Gasteiger partial charge in [-0.3, -0.25) is 13.9 Å². The average Bonchev–Trinajstić information content (AvgIpc) is 2.89. The molecule has 0 aliphatic heterocycles. The second-order valence-electron chi connectivity index (χ2n) is 4.50. The number of aryl methyl sites for hydroxylation is 1. The van der Waals surface area contributed by atoms with Crippen molar-refractivity contribution in [3.05, 3.63) is 50.9 Å². The Balaban J connectivity index is 2.12. The van der Waals surface area contributed by atoms with Crippen LogP contribution in [0.15, 0.2) is 43.9 Å². The zero-order chi connectivity index (χ0) is 15.1. The third-order valence-electron chi connectivity index (χ3n) is 3.10. The molecule has 0 atom stereocenters.